The number of rotatable bonds is 5. The number of aromatic nitrogens is 2. The highest BCUT2D eigenvalue weighted by Gasteiger charge is 2.08. The van der Waals surface area contributed by atoms with Crippen LogP contribution in [0.1, 0.15) is 26.1 Å². The van der Waals surface area contributed by atoms with Gasteiger partial charge in [-0.1, -0.05) is 13.8 Å². The molecule has 1 heterocycles. The summed E-state index contributed by atoms with van der Waals surface area (Å²) in [5.41, 5.74) is 1.02. The van der Waals surface area contributed by atoms with Crippen molar-refractivity contribution in [1.82, 2.24) is 15.3 Å². The molecule has 18 heavy (non-hydrogen) atoms. The topological polar surface area (TPSA) is 40.7 Å². The number of hydrogen-bond acceptors (Lipinski definition) is 2. The number of hydrogen-bond donors (Lipinski definition) is 2. The SMILES string of the molecule is CC(C)NCCCc1nc2cc(F)c(F)cc2[nH]1. The summed E-state index contributed by atoms with van der Waals surface area (Å²) in [7, 11) is 0. The van der Waals surface area contributed by atoms with E-state index in [0.717, 1.165) is 37.3 Å². The van der Waals surface area contributed by atoms with Crippen molar-refractivity contribution >= 4 is 11.0 Å². The average Bonchev–Trinajstić information content (AvgIpc) is 2.67. The molecule has 98 valence electrons. The second-order valence-corrected chi connectivity index (χ2v) is 4.68. The van der Waals surface area contributed by atoms with E-state index in [1.54, 1.807) is 0 Å². The van der Waals surface area contributed by atoms with E-state index >= 15 is 0 Å². The lowest BCUT2D eigenvalue weighted by atomic mass is 10.3. The fourth-order valence-corrected chi connectivity index (χ4v) is 1.82. The van der Waals surface area contributed by atoms with E-state index in [1.165, 1.54) is 0 Å². The van der Waals surface area contributed by atoms with Gasteiger partial charge in [0.1, 0.15) is 5.82 Å². The third-order valence-corrected chi connectivity index (χ3v) is 2.72. The van der Waals surface area contributed by atoms with Gasteiger partial charge in [-0.2, -0.15) is 0 Å². The first-order valence-electron chi connectivity index (χ1n) is 6.13. The molecule has 0 aliphatic heterocycles. The number of benzene rings is 1. The minimum atomic E-state index is -0.859. The molecule has 0 aliphatic carbocycles. The van der Waals surface area contributed by atoms with Gasteiger partial charge in [0.15, 0.2) is 11.6 Å². The van der Waals surface area contributed by atoms with Crippen molar-refractivity contribution in [3.8, 4) is 0 Å². The summed E-state index contributed by atoms with van der Waals surface area (Å²) in [4.78, 5) is 7.25. The molecule has 0 aliphatic rings. The largest absolute Gasteiger partial charge is 0.342 e. The molecule has 1 aromatic heterocycles. The smallest absolute Gasteiger partial charge is 0.161 e. The predicted molar refractivity (Wildman–Crippen MR) is 67.5 cm³/mol. The van der Waals surface area contributed by atoms with E-state index in [4.69, 9.17) is 0 Å². The van der Waals surface area contributed by atoms with Crippen molar-refractivity contribution in [2.24, 2.45) is 0 Å². The maximum Gasteiger partial charge on any atom is 0.161 e. The number of nitrogens with one attached hydrogen (secondary N) is 2. The molecular weight excluding hydrogens is 236 g/mol. The Morgan fingerprint density at radius 3 is 2.72 bits per heavy atom. The molecule has 0 fully saturated rings. The first-order valence-corrected chi connectivity index (χ1v) is 6.13. The van der Waals surface area contributed by atoms with E-state index < -0.39 is 11.6 Å². The Bertz CT molecular complexity index is 495. The lowest BCUT2D eigenvalue weighted by molar-refractivity contribution is 0.510. The van der Waals surface area contributed by atoms with Crippen molar-refractivity contribution in [2.75, 3.05) is 6.54 Å². The second kappa shape index (κ2) is 5.44. The lowest BCUT2D eigenvalue weighted by Gasteiger charge is -2.06. The van der Waals surface area contributed by atoms with Gasteiger partial charge >= 0.3 is 0 Å². The first-order chi connectivity index (χ1) is 8.56. The molecule has 0 radical (unpaired) electrons. The molecule has 1 aromatic carbocycles. The number of nitrogens with zero attached hydrogens (tertiary/aromatic N) is 1. The number of imidazole rings is 1. The fourth-order valence-electron chi connectivity index (χ4n) is 1.82. The number of halogens is 2. The Hall–Kier alpha value is -1.49. The number of H-pyrrole nitrogens is 1. The Morgan fingerprint density at radius 1 is 1.28 bits per heavy atom. The minimum absolute atomic E-state index is 0.462. The zero-order valence-electron chi connectivity index (χ0n) is 10.6. The van der Waals surface area contributed by atoms with Gasteiger partial charge < -0.3 is 10.3 Å². The van der Waals surface area contributed by atoms with Crippen molar-refractivity contribution in [2.45, 2.75) is 32.7 Å². The Balaban J connectivity index is 2.02. The molecule has 5 heteroatoms. The summed E-state index contributed by atoms with van der Waals surface area (Å²) < 4.78 is 26.0. The molecule has 2 N–H and O–H groups in total. The molecule has 0 atom stereocenters. The van der Waals surface area contributed by atoms with E-state index in [2.05, 4.69) is 29.1 Å². The Morgan fingerprint density at radius 2 is 2.00 bits per heavy atom. The average molecular weight is 253 g/mol. The number of fused-ring (bicyclic) bond motifs is 1. The zero-order chi connectivity index (χ0) is 13.1. The van der Waals surface area contributed by atoms with Crippen molar-refractivity contribution in [1.29, 1.82) is 0 Å². The van der Waals surface area contributed by atoms with Crippen molar-refractivity contribution in [3.63, 3.8) is 0 Å². The van der Waals surface area contributed by atoms with E-state index in [9.17, 15) is 8.78 Å². The van der Waals surface area contributed by atoms with Crippen LogP contribution in [0.2, 0.25) is 0 Å². The second-order valence-electron chi connectivity index (χ2n) is 4.68. The summed E-state index contributed by atoms with van der Waals surface area (Å²) in [5.74, 6) is -0.943. The van der Waals surface area contributed by atoms with Crippen LogP contribution in [0.5, 0.6) is 0 Å². The zero-order valence-corrected chi connectivity index (χ0v) is 10.6. The van der Waals surface area contributed by atoms with Gasteiger partial charge in [-0.3, -0.25) is 0 Å². The lowest BCUT2D eigenvalue weighted by Crippen LogP contribution is -2.24. The summed E-state index contributed by atoms with van der Waals surface area (Å²) in [5, 5.41) is 3.31. The molecule has 0 saturated carbocycles. The van der Waals surface area contributed by atoms with Gasteiger partial charge in [0.05, 0.1) is 11.0 Å². The Kier molecular flexibility index (Phi) is 3.91. The number of aromatic amines is 1. The standard InChI is InChI=1S/C13H17F2N3/c1-8(2)16-5-3-4-13-17-11-6-9(14)10(15)7-12(11)18-13/h6-8,16H,3-5H2,1-2H3,(H,17,18). The van der Waals surface area contributed by atoms with Crippen LogP contribution in [0.4, 0.5) is 8.78 Å². The first kappa shape index (κ1) is 13.0. The molecule has 0 saturated heterocycles. The normalized spacial score (nSPS) is 11.6. The molecule has 3 nitrogen and oxygen atoms in total. The highest BCUT2D eigenvalue weighted by molar-refractivity contribution is 5.75. The highest BCUT2D eigenvalue weighted by Crippen LogP contribution is 2.16. The van der Waals surface area contributed by atoms with Crippen molar-refractivity contribution in [3.05, 3.63) is 29.6 Å². The maximum atomic E-state index is 13.0. The molecule has 0 unspecified atom stereocenters. The quantitative estimate of drug-likeness (QED) is 0.804. The van der Waals surface area contributed by atoms with Gasteiger partial charge in [-0.05, 0) is 13.0 Å². The molecule has 0 bridgehead atoms. The fraction of sp³-hybridized carbons (Fsp3) is 0.462. The van der Waals surface area contributed by atoms with Gasteiger partial charge in [0, 0.05) is 24.6 Å². The summed E-state index contributed by atoms with van der Waals surface area (Å²) >= 11 is 0. The van der Waals surface area contributed by atoms with E-state index in [1.807, 2.05) is 0 Å². The molecule has 2 rings (SSSR count). The summed E-state index contributed by atoms with van der Waals surface area (Å²) in [6.45, 7) is 5.08. The van der Waals surface area contributed by atoms with E-state index in [0.29, 0.717) is 17.1 Å². The molecule has 2 aromatic rings. The van der Waals surface area contributed by atoms with Crippen LogP contribution in [0.3, 0.4) is 0 Å². The Labute approximate surface area is 105 Å². The highest BCUT2D eigenvalue weighted by atomic mass is 19.2. The van der Waals surface area contributed by atoms with Gasteiger partial charge in [0.25, 0.3) is 0 Å². The molecular formula is C13H17F2N3. The van der Waals surface area contributed by atoms with Crippen LogP contribution in [-0.2, 0) is 6.42 Å². The summed E-state index contributed by atoms with van der Waals surface area (Å²) in [6.07, 6.45) is 1.70. The van der Waals surface area contributed by atoms with Crippen LogP contribution in [0.15, 0.2) is 12.1 Å². The predicted octanol–water partition coefficient (Wildman–Crippen LogP) is 2.77. The van der Waals surface area contributed by atoms with Gasteiger partial charge in [-0.15, -0.1) is 0 Å². The maximum absolute atomic E-state index is 13.0. The van der Waals surface area contributed by atoms with Crippen LogP contribution in [0.25, 0.3) is 11.0 Å². The minimum Gasteiger partial charge on any atom is -0.342 e. The van der Waals surface area contributed by atoms with Crippen molar-refractivity contribution < 1.29 is 8.78 Å². The monoisotopic (exact) mass is 253 g/mol. The number of aryl methyl sites for hydroxylation is 1. The third-order valence-electron chi connectivity index (χ3n) is 2.72. The van der Waals surface area contributed by atoms with Crippen LogP contribution >= 0.6 is 0 Å². The van der Waals surface area contributed by atoms with Crippen LogP contribution in [0, 0.1) is 11.6 Å². The molecule has 0 spiro atoms. The third kappa shape index (κ3) is 3.04. The summed E-state index contributed by atoms with van der Waals surface area (Å²) in [6, 6.07) is 2.73. The van der Waals surface area contributed by atoms with Gasteiger partial charge in [0.2, 0.25) is 0 Å². The van der Waals surface area contributed by atoms with Crippen LogP contribution < -0.4 is 5.32 Å². The van der Waals surface area contributed by atoms with E-state index in [-0.39, 0.29) is 0 Å². The van der Waals surface area contributed by atoms with Gasteiger partial charge in [-0.25, -0.2) is 13.8 Å². The molecule has 0 amide bonds. The van der Waals surface area contributed by atoms with Crippen LogP contribution in [-0.4, -0.2) is 22.6 Å².